The average Bonchev–Trinajstić information content (AvgIpc) is 2.55. The van der Waals surface area contributed by atoms with E-state index in [-0.39, 0.29) is 36.6 Å². The van der Waals surface area contributed by atoms with E-state index in [9.17, 15) is 14.9 Å². The number of carbonyl (C=O) groups excluding carboxylic acids is 2. The van der Waals surface area contributed by atoms with Crippen LogP contribution in [-0.4, -0.2) is 33.2 Å². The Morgan fingerprint density at radius 1 is 1.24 bits per heavy atom. The Bertz CT molecular complexity index is 802. The van der Waals surface area contributed by atoms with Crippen LogP contribution >= 0.6 is 0 Å². The molecule has 4 N–H and O–H groups in total. The van der Waals surface area contributed by atoms with Crippen LogP contribution in [-0.2, 0) is 9.59 Å². The summed E-state index contributed by atoms with van der Waals surface area (Å²) in [5, 5.41) is 14.8. The van der Waals surface area contributed by atoms with Gasteiger partial charge in [0, 0.05) is 25.6 Å². The SMILES string of the molecule is CC(=O)NCCC(=O)[C@H](C#N)c1nc(N)nc(Nc2ccccc2)n1. The maximum absolute atomic E-state index is 12.2. The molecule has 2 rings (SSSR count). The molecule has 0 fully saturated rings. The predicted molar refractivity (Wildman–Crippen MR) is 90.6 cm³/mol. The number of nitriles is 1. The van der Waals surface area contributed by atoms with E-state index in [4.69, 9.17) is 5.73 Å². The van der Waals surface area contributed by atoms with Crippen molar-refractivity contribution in [1.29, 1.82) is 5.26 Å². The number of hydrogen-bond acceptors (Lipinski definition) is 8. The molecule has 0 spiro atoms. The maximum Gasteiger partial charge on any atom is 0.232 e. The van der Waals surface area contributed by atoms with E-state index >= 15 is 0 Å². The van der Waals surface area contributed by atoms with Crippen molar-refractivity contribution in [3.63, 3.8) is 0 Å². The molecule has 1 amide bonds. The Kier molecular flexibility index (Phi) is 5.95. The molecule has 9 heteroatoms. The first-order chi connectivity index (χ1) is 12.0. The number of benzene rings is 1. The second-order valence-corrected chi connectivity index (χ2v) is 5.13. The lowest BCUT2D eigenvalue weighted by Crippen LogP contribution is -2.25. The number of hydrogen-bond donors (Lipinski definition) is 3. The lowest BCUT2D eigenvalue weighted by Gasteiger charge is -2.10. The van der Waals surface area contributed by atoms with Crippen LogP contribution in [0.15, 0.2) is 30.3 Å². The number of anilines is 3. The molecule has 0 unspecified atom stereocenters. The molecular formula is C16H17N7O2. The molecule has 2 aromatic rings. The molecule has 9 nitrogen and oxygen atoms in total. The monoisotopic (exact) mass is 339 g/mol. The largest absolute Gasteiger partial charge is 0.368 e. The molecule has 1 aromatic heterocycles. The molecule has 0 bridgehead atoms. The number of carbonyl (C=O) groups is 2. The van der Waals surface area contributed by atoms with E-state index < -0.39 is 11.7 Å². The number of Topliss-reactive ketones (excluding diaryl/α,β-unsaturated/α-hetero) is 1. The Morgan fingerprint density at radius 3 is 2.60 bits per heavy atom. The van der Waals surface area contributed by atoms with Crippen LogP contribution in [0.3, 0.4) is 0 Å². The highest BCUT2D eigenvalue weighted by Gasteiger charge is 2.24. The minimum absolute atomic E-state index is 0.00909. The normalized spacial score (nSPS) is 11.2. The van der Waals surface area contributed by atoms with Crippen molar-refractivity contribution >= 4 is 29.3 Å². The van der Waals surface area contributed by atoms with E-state index in [2.05, 4.69) is 25.6 Å². The van der Waals surface area contributed by atoms with Crippen LogP contribution in [0.2, 0.25) is 0 Å². The highest BCUT2D eigenvalue weighted by atomic mass is 16.1. The van der Waals surface area contributed by atoms with E-state index in [0.29, 0.717) is 0 Å². The van der Waals surface area contributed by atoms with Crippen LogP contribution < -0.4 is 16.4 Å². The highest BCUT2D eigenvalue weighted by molar-refractivity contribution is 5.88. The third kappa shape index (κ3) is 5.24. The van der Waals surface area contributed by atoms with Gasteiger partial charge < -0.3 is 16.4 Å². The molecule has 1 heterocycles. The quantitative estimate of drug-likeness (QED) is 0.674. The zero-order valence-corrected chi connectivity index (χ0v) is 13.6. The van der Waals surface area contributed by atoms with Crippen molar-refractivity contribution in [2.24, 2.45) is 0 Å². The van der Waals surface area contributed by atoms with Crippen molar-refractivity contribution < 1.29 is 9.59 Å². The van der Waals surface area contributed by atoms with Crippen LogP contribution in [0.5, 0.6) is 0 Å². The molecule has 0 radical (unpaired) electrons. The van der Waals surface area contributed by atoms with Gasteiger partial charge in [0.2, 0.25) is 17.8 Å². The third-order valence-electron chi connectivity index (χ3n) is 3.15. The summed E-state index contributed by atoms with van der Waals surface area (Å²) in [4.78, 5) is 35.0. The number of rotatable bonds is 7. The van der Waals surface area contributed by atoms with Gasteiger partial charge in [-0.25, -0.2) is 0 Å². The standard InChI is InChI=1S/C16H17N7O2/c1-10(24)19-8-7-13(25)12(9-17)14-21-15(18)23-16(22-14)20-11-5-3-2-4-6-11/h2-6,12H,7-8H2,1H3,(H,19,24)(H3,18,20,21,22,23)/t12-/m0/s1. The van der Waals surface area contributed by atoms with Gasteiger partial charge in [-0.1, -0.05) is 18.2 Å². The number of nitrogens with zero attached hydrogens (tertiary/aromatic N) is 4. The van der Waals surface area contributed by atoms with E-state index in [1.807, 2.05) is 24.3 Å². The van der Waals surface area contributed by atoms with Gasteiger partial charge in [0.15, 0.2) is 17.5 Å². The second-order valence-electron chi connectivity index (χ2n) is 5.13. The molecule has 0 aliphatic carbocycles. The number of nitrogens with one attached hydrogen (secondary N) is 2. The van der Waals surface area contributed by atoms with Gasteiger partial charge in [0.1, 0.15) is 0 Å². The van der Waals surface area contributed by atoms with Gasteiger partial charge in [-0.2, -0.15) is 20.2 Å². The number of nitrogens with two attached hydrogens (primary N) is 1. The first-order valence-electron chi connectivity index (χ1n) is 7.50. The minimum atomic E-state index is -1.18. The molecule has 0 saturated carbocycles. The lowest BCUT2D eigenvalue weighted by atomic mass is 10.0. The summed E-state index contributed by atoms with van der Waals surface area (Å²) >= 11 is 0. The second kappa shape index (κ2) is 8.35. The molecule has 25 heavy (non-hydrogen) atoms. The van der Waals surface area contributed by atoms with E-state index in [1.165, 1.54) is 6.92 Å². The van der Waals surface area contributed by atoms with Crippen molar-refractivity contribution in [2.45, 2.75) is 19.3 Å². The zero-order valence-electron chi connectivity index (χ0n) is 13.6. The summed E-state index contributed by atoms with van der Waals surface area (Å²) in [5.74, 6) is -1.83. The van der Waals surface area contributed by atoms with Crippen molar-refractivity contribution in [3.8, 4) is 6.07 Å². The number of para-hydroxylation sites is 1. The fourth-order valence-electron chi connectivity index (χ4n) is 2.02. The van der Waals surface area contributed by atoms with Crippen molar-refractivity contribution in [1.82, 2.24) is 20.3 Å². The number of aromatic nitrogens is 3. The van der Waals surface area contributed by atoms with Gasteiger partial charge in [-0.15, -0.1) is 0 Å². The third-order valence-corrected chi connectivity index (χ3v) is 3.15. The summed E-state index contributed by atoms with van der Waals surface area (Å²) in [6, 6.07) is 11.0. The number of ketones is 1. The smallest absolute Gasteiger partial charge is 0.232 e. The molecule has 0 aliphatic rings. The van der Waals surface area contributed by atoms with Gasteiger partial charge in [-0.05, 0) is 12.1 Å². The summed E-state index contributed by atoms with van der Waals surface area (Å²) in [6.45, 7) is 1.49. The summed E-state index contributed by atoms with van der Waals surface area (Å²) in [6.07, 6.45) is -0.00909. The van der Waals surface area contributed by atoms with Crippen LogP contribution in [0.25, 0.3) is 0 Å². The fraction of sp³-hybridized carbons (Fsp3) is 0.250. The van der Waals surface area contributed by atoms with E-state index in [0.717, 1.165) is 5.69 Å². The fourth-order valence-corrected chi connectivity index (χ4v) is 2.02. The van der Waals surface area contributed by atoms with Crippen LogP contribution in [0, 0.1) is 11.3 Å². The Balaban J connectivity index is 2.17. The number of amides is 1. The minimum Gasteiger partial charge on any atom is -0.368 e. The lowest BCUT2D eigenvalue weighted by molar-refractivity contribution is -0.120. The predicted octanol–water partition coefficient (Wildman–Crippen LogP) is 0.900. The summed E-state index contributed by atoms with van der Waals surface area (Å²) < 4.78 is 0. The Hall–Kier alpha value is -3.54. The molecular weight excluding hydrogens is 322 g/mol. The van der Waals surface area contributed by atoms with Gasteiger partial charge in [0.05, 0.1) is 6.07 Å². The average molecular weight is 339 g/mol. The topological polar surface area (TPSA) is 147 Å². The molecule has 1 atom stereocenters. The van der Waals surface area contributed by atoms with Crippen molar-refractivity contribution in [2.75, 3.05) is 17.6 Å². The van der Waals surface area contributed by atoms with E-state index in [1.54, 1.807) is 12.1 Å². The van der Waals surface area contributed by atoms with Crippen LogP contribution in [0.4, 0.5) is 17.6 Å². The first-order valence-corrected chi connectivity index (χ1v) is 7.50. The maximum atomic E-state index is 12.2. The first kappa shape index (κ1) is 17.8. The van der Waals surface area contributed by atoms with Gasteiger partial charge in [0.25, 0.3) is 0 Å². The Morgan fingerprint density at radius 2 is 1.96 bits per heavy atom. The highest BCUT2D eigenvalue weighted by Crippen LogP contribution is 2.18. The molecule has 128 valence electrons. The zero-order chi connectivity index (χ0) is 18.2. The van der Waals surface area contributed by atoms with Gasteiger partial charge in [-0.3, -0.25) is 9.59 Å². The Labute approximate surface area is 144 Å². The van der Waals surface area contributed by atoms with Crippen molar-refractivity contribution in [3.05, 3.63) is 36.2 Å². The number of nitrogen functional groups attached to an aromatic ring is 1. The molecule has 0 aliphatic heterocycles. The molecule has 0 saturated heterocycles. The summed E-state index contributed by atoms with van der Waals surface area (Å²) in [5.41, 5.74) is 6.39. The van der Waals surface area contributed by atoms with Crippen LogP contribution in [0.1, 0.15) is 25.1 Å². The summed E-state index contributed by atoms with van der Waals surface area (Å²) in [7, 11) is 0. The van der Waals surface area contributed by atoms with Gasteiger partial charge >= 0.3 is 0 Å². The molecule has 1 aromatic carbocycles.